The molecule has 0 unspecified atom stereocenters. The fourth-order valence-corrected chi connectivity index (χ4v) is 2.60. The Hall–Kier alpha value is -1.21. The first-order valence-electron chi connectivity index (χ1n) is 6.85. The first-order chi connectivity index (χ1) is 9.40. The van der Waals surface area contributed by atoms with Crippen molar-refractivity contribution < 1.29 is 9.90 Å². The number of hydrogen-bond donors (Lipinski definition) is 1. The minimum atomic E-state index is -0.781. The summed E-state index contributed by atoms with van der Waals surface area (Å²) >= 11 is 1.56. The molecule has 7 heteroatoms. The van der Waals surface area contributed by atoms with Gasteiger partial charge < -0.3 is 14.9 Å². The Kier molecular flexibility index (Phi) is 6.87. The second kappa shape index (κ2) is 8.16. The third kappa shape index (κ3) is 5.83. The van der Waals surface area contributed by atoms with Crippen molar-refractivity contribution in [1.82, 2.24) is 15.1 Å². The summed E-state index contributed by atoms with van der Waals surface area (Å²) in [6.07, 6.45) is 1.10. The number of aliphatic carboxylic acids is 1. The Balaban J connectivity index is 2.66. The average molecular weight is 300 g/mol. The van der Waals surface area contributed by atoms with Crippen LogP contribution in [0.4, 0.5) is 5.13 Å². The van der Waals surface area contributed by atoms with Crippen LogP contribution >= 0.6 is 11.3 Å². The summed E-state index contributed by atoms with van der Waals surface area (Å²) in [6.45, 7) is 6.42. The summed E-state index contributed by atoms with van der Waals surface area (Å²) in [4.78, 5) is 14.9. The van der Waals surface area contributed by atoms with Crippen molar-refractivity contribution in [2.75, 3.05) is 38.6 Å². The van der Waals surface area contributed by atoms with E-state index in [1.807, 2.05) is 19.0 Å². The van der Waals surface area contributed by atoms with Gasteiger partial charge in [-0.15, -0.1) is 10.2 Å². The number of nitrogens with zero attached hydrogens (tertiary/aromatic N) is 4. The molecule has 6 nitrogen and oxygen atoms in total. The SMILES string of the molecule is CC(C)c1nnc(N(CCCN(C)C)CCC(=O)O)s1. The molecule has 0 aliphatic rings. The van der Waals surface area contributed by atoms with Crippen LogP contribution in [0.2, 0.25) is 0 Å². The molecule has 0 bridgehead atoms. The molecule has 0 aliphatic heterocycles. The predicted octanol–water partition coefficient (Wildman–Crippen LogP) is 1.89. The molecule has 0 amide bonds. The third-order valence-electron chi connectivity index (χ3n) is 2.82. The molecule has 20 heavy (non-hydrogen) atoms. The van der Waals surface area contributed by atoms with E-state index in [1.165, 1.54) is 0 Å². The molecule has 1 aromatic heterocycles. The fourth-order valence-electron chi connectivity index (χ4n) is 1.70. The van der Waals surface area contributed by atoms with Gasteiger partial charge in [0.25, 0.3) is 0 Å². The Morgan fingerprint density at radius 1 is 1.25 bits per heavy atom. The number of carbonyl (C=O) groups is 1. The molecule has 0 atom stereocenters. The molecular formula is C13H24N4O2S. The van der Waals surface area contributed by atoms with Gasteiger partial charge in [-0.25, -0.2) is 0 Å². The minimum absolute atomic E-state index is 0.124. The number of carboxylic acid groups (broad SMARTS) is 1. The van der Waals surface area contributed by atoms with Gasteiger partial charge >= 0.3 is 5.97 Å². The van der Waals surface area contributed by atoms with Gasteiger partial charge in [0, 0.05) is 19.0 Å². The molecule has 1 heterocycles. The van der Waals surface area contributed by atoms with E-state index in [1.54, 1.807) is 11.3 Å². The zero-order valence-electron chi connectivity index (χ0n) is 12.7. The van der Waals surface area contributed by atoms with E-state index in [0.29, 0.717) is 12.5 Å². The first kappa shape index (κ1) is 16.8. The van der Waals surface area contributed by atoms with E-state index in [4.69, 9.17) is 5.11 Å². The van der Waals surface area contributed by atoms with Crippen LogP contribution in [0.15, 0.2) is 0 Å². The van der Waals surface area contributed by atoms with Gasteiger partial charge in [-0.1, -0.05) is 25.2 Å². The third-order valence-corrected chi connectivity index (χ3v) is 4.11. The van der Waals surface area contributed by atoms with Crippen LogP contribution in [0.25, 0.3) is 0 Å². The highest BCUT2D eigenvalue weighted by Gasteiger charge is 2.15. The van der Waals surface area contributed by atoms with Gasteiger partial charge in [0.05, 0.1) is 6.42 Å². The maximum absolute atomic E-state index is 10.8. The Morgan fingerprint density at radius 2 is 1.95 bits per heavy atom. The van der Waals surface area contributed by atoms with Crippen molar-refractivity contribution >= 4 is 22.4 Å². The minimum Gasteiger partial charge on any atom is -0.481 e. The smallest absolute Gasteiger partial charge is 0.305 e. The van der Waals surface area contributed by atoms with E-state index in [0.717, 1.165) is 29.6 Å². The van der Waals surface area contributed by atoms with Crippen LogP contribution in [-0.2, 0) is 4.79 Å². The van der Waals surface area contributed by atoms with E-state index in [2.05, 4.69) is 28.9 Å². The normalized spacial score (nSPS) is 11.3. The molecule has 0 spiro atoms. The van der Waals surface area contributed by atoms with Gasteiger partial charge in [0.15, 0.2) is 0 Å². The van der Waals surface area contributed by atoms with E-state index in [9.17, 15) is 4.79 Å². The number of aromatic nitrogens is 2. The molecule has 0 saturated carbocycles. The predicted molar refractivity (Wildman–Crippen MR) is 81.6 cm³/mol. The number of carboxylic acids is 1. The van der Waals surface area contributed by atoms with E-state index in [-0.39, 0.29) is 6.42 Å². The topological polar surface area (TPSA) is 69.6 Å². The lowest BCUT2D eigenvalue weighted by atomic mass is 10.2. The summed E-state index contributed by atoms with van der Waals surface area (Å²) in [7, 11) is 4.06. The van der Waals surface area contributed by atoms with Crippen molar-refractivity contribution in [2.24, 2.45) is 0 Å². The standard InChI is InChI=1S/C13H24N4O2S/c1-10(2)12-14-15-13(20-12)17(9-6-11(18)19)8-5-7-16(3)4/h10H,5-9H2,1-4H3,(H,18,19). The van der Waals surface area contributed by atoms with Gasteiger partial charge in [0.2, 0.25) is 5.13 Å². The van der Waals surface area contributed by atoms with Gasteiger partial charge in [-0.05, 0) is 27.1 Å². The highest BCUT2D eigenvalue weighted by Crippen LogP contribution is 2.25. The van der Waals surface area contributed by atoms with Crippen LogP contribution in [0.5, 0.6) is 0 Å². The van der Waals surface area contributed by atoms with Crippen LogP contribution in [-0.4, -0.2) is 59.9 Å². The summed E-state index contributed by atoms with van der Waals surface area (Å²) in [5.41, 5.74) is 0. The molecule has 0 fully saturated rings. The summed E-state index contributed by atoms with van der Waals surface area (Å²) in [5, 5.41) is 19.0. The molecule has 1 aromatic rings. The first-order valence-corrected chi connectivity index (χ1v) is 7.66. The monoisotopic (exact) mass is 300 g/mol. The maximum atomic E-state index is 10.8. The summed E-state index contributed by atoms with van der Waals surface area (Å²) in [5.74, 6) is -0.430. The number of anilines is 1. The summed E-state index contributed by atoms with van der Waals surface area (Å²) < 4.78 is 0. The molecule has 0 aromatic carbocycles. The van der Waals surface area contributed by atoms with Crippen molar-refractivity contribution in [3.05, 3.63) is 5.01 Å². The van der Waals surface area contributed by atoms with Crippen LogP contribution < -0.4 is 4.90 Å². The molecule has 0 radical (unpaired) electrons. The van der Waals surface area contributed by atoms with E-state index >= 15 is 0 Å². The number of rotatable bonds is 9. The number of hydrogen-bond acceptors (Lipinski definition) is 6. The Morgan fingerprint density at radius 3 is 2.45 bits per heavy atom. The fraction of sp³-hybridized carbons (Fsp3) is 0.769. The lowest BCUT2D eigenvalue weighted by Gasteiger charge is -2.21. The zero-order valence-corrected chi connectivity index (χ0v) is 13.5. The lowest BCUT2D eigenvalue weighted by molar-refractivity contribution is -0.136. The van der Waals surface area contributed by atoms with Crippen LogP contribution in [0, 0.1) is 0 Å². The van der Waals surface area contributed by atoms with Crippen LogP contribution in [0.3, 0.4) is 0 Å². The van der Waals surface area contributed by atoms with Gasteiger partial charge in [-0.2, -0.15) is 0 Å². The second-order valence-electron chi connectivity index (χ2n) is 5.37. The average Bonchev–Trinajstić information content (AvgIpc) is 2.82. The molecule has 114 valence electrons. The van der Waals surface area contributed by atoms with Crippen molar-refractivity contribution in [1.29, 1.82) is 0 Å². The zero-order chi connectivity index (χ0) is 15.1. The second-order valence-corrected chi connectivity index (χ2v) is 6.35. The van der Waals surface area contributed by atoms with Crippen molar-refractivity contribution in [3.63, 3.8) is 0 Å². The quantitative estimate of drug-likeness (QED) is 0.751. The maximum Gasteiger partial charge on any atom is 0.305 e. The van der Waals surface area contributed by atoms with Gasteiger partial charge in [0.1, 0.15) is 5.01 Å². The lowest BCUT2D eigenvalue weighted by Crippen LogP contribution is -2.29. The molecule has 0 saturated heterocycles. The van der Waals surface area contributed by atoms with Gasteiger partial charge in [-0.3, -0.25) is 4.79 Å². The molecule has 1 rings (SSSR count). The molecule has 0 aliphatic carbocycles. The molecule has 1 N–H and O–H groups in total. The Labute approximate surface area is 124 Å². The summed E-state index contributed by atoms with van der Waals surface area (Å²) in [6, 6.07) is 0. The molecular weight excluding hydrogens is 276 g/mol. The van der Waals surface area contributed by atoms with Crippen molar-refractivity contribution in [2.45, 2.75) is 32.6 Å². The highest BCUT2D eigenvalue weighted by atomic mass is 32.1. The van der Waals surface area contributed by atoms with Crippen molar-refractivity contribution in [3.8, 4) is 0 Å². The van der Waals surface area contributed by atoms with Crippen LogP contribution in [0.1, 0.15) is 37.6 Å². The largest absolute Gasteiger partial charge is 0.481 e. The van der Waals surface area contributed by atoms with E-state index < -0.39 is 5.97 Å². The highest BCUT2D eigenvalue weighted by molar-refractivity contribution is 7.15. The Bertz CT molecular complexity index is 420.